The van der Waals surface area contributed by atoms with Gasteiger partial charge in [0.05, 0.1) is 15.8 Å². The van der Waals surface area contributed by atoms with E-state index in [1.54, 1.807) is 0 Å². The standard InChI is InChI=1S/C9H9BrN2/c1-2-7-8-3-4-9(10)12(8)6-5-11-7/h3-6H,2H2,1H3. The van der Waals surface area contributed by atoms with Crippen LogP contribution in [-0.2, 0) is 6.42 Å². The summed E-state index contributed by atoms with van der Waals surface area (Å²) in [6, 6.07) is 4.12. The number of halogens is 1. The molecule has 2 nitrogen and oxygen atoms in total. The van der Waals surface area contributed by atoms with E-state index in [2.05, 4.69) is 38.3 Å². The van der Waals surface area contributed by atoms with Crippen LogP contribution in [0.1, 0.15) is 12.6 Å². The van der Waals surface area contributed by atoms with Crippen molar-refractivity contribution in [2.45, 2.75) is 13.3 Å². The fourth-order valence-corrected chi connectivity index (χ4v) is 1.78. The van der Waals surface area contributed by atoms with Crippen molar-refractivity contribution < 1.29 is 0 Å². The maximum atomic E-state index is 4.30. The Kier molecular flexibility index (Phi) is 1.89. The van der Waals surface area contributed by atoms with Gasteiger partial charge in [0.2, 0.25) is 0 Å². The largest absolute Gasteiger partial charge is 0.308 e. The molecule has 0 spiro atoms. The summed E-state index contributed by atoms with van der Waals surface area (Å²) < 4.78 is 3.17. The smallest absolute Gasteiger partial charge is 0.0893 e. The van der Waals surface area contributed by atoms with Crippen molar-refractivity contribution in [2.75, 3.05) is 0 Å². The summed E-state index contributed by atoms with van der Waals surface area (Å²) in [5.41, 5.74) is 2.33. The molecule has 12 heavy (non-hydrogen) atoms. The van der Waals surface area contributed by atoms with Crippen LogP contribution in [0.5, 0.6) is 0 Å². The quantitative estimate of drug-likeness (QED) is 0.729. The van der Waals surface area contributed by atoms with Gasteiger partial charge in [-0.15, -0.1) is 0 Å². The molecule has 2 aromatic heterocycles. The van der Waals surface area contributed by atoms with Crippen LogP contribution < -0.4 is 0 Å². The van der Waals surface area contributed by atoms with Gasteiger partial charge in [-0.25, -0.2) is 0 Å². The van der Waals surface area contributed by atoms with Crippen LogP contribution in [0.25, 0.3) is 5.52 Å². The van der Waals surface area contributed by atoms with E-state index < -0.39 is 0 Å². The Morgan fingerprint density at radius 2 is 2.33 bits per heavy atom. The first-order valence-corrected chi connectivity index (χ1v) is 4.72. The lowest BCUT2D eigenvalue weighted by molar-refractivity contribution is 0.998. The number of nitrogens with zero attached hydrogens (tertiary/aromatic N) is 2. The highest BCUT2D eigenvalue weighted by Gasteiger charge is 2.01. The highest BCUT2D eigenvalue weighted by atomic mass is 79.9. The molecule has 3 heteroatoms. The Morgan fingerprint density at radius 3 is 3.08 bits per heavy atom. The Labute approximate surface area is 79.4 Å². The zero-order valence-electron chi connectivity index (χ0n) is 6.79. The van der Waals surface area contributed by atoms with Crippen molar-refractivity contribution in [1.82, 2.24) is 9.38 Å². The van der Waals surface area contributed by atoms with Crippen LogP contribution in [0, 0.1) is 0 Å². The Balaban J connectivity index is 2.81. The molecule has 0 bridgehead atoms. The minimum Gasteiger partial charge on any atom is -0.308 e. The summed E-state index contributed by atoms with van der Waals surface area (Å²) in [6.45, 7) is 2.11. The first-order valence-electron chi connectivity index (χ1n) is 3.93. The summed E-state index contributed by atoms with van der Waals surface area (Å²) in [5.74, 6) is 0. The van der Waals surface area contributed by atoms with Gasteiger partial charge in [0.1, 0.15) is 0 Å². The molecule has 0 aliphatic carbocycles. The van der Waals surface area contributed by atoms with Gasteiger partial charge in [0, 0.05) is 12.4 Å². The number of aromatic nitrogens is 2. The minimum absolute atomic E-state index is 0.973. The predicted octanol–water partition coefficient (Wildman–Crippen LogP) is 2.66. The van der Waals surface area contributed by atoms with Crippen LogP contribution in [0.3, 0.4) is 0 Å². The molecular formula is C9H9BrN2. The molecule has 0 saturated carbocycles. The third kappa shape index (κ3) is 1.05. The van der Waals surface area contributed by atoms with Gasteiger partial charge < -0.3 is 4.40 Å². The molecule has 2 aromatic rings. The Morgan fingerprint density at radius 1 is 1.50 bits per heavy atom. The van der Waals surface area contributed by atoms with Crippen molar-refractivity contribution in [1.29, 1.82) is 0 Å². The van der Waals surface area contributed by atoms with E-state index in [1.807, 2.05) is 18.5 Å². The average molecular weight is 225 g/mol. The fourth-order valence-electron chi connectivity index (χ4n) is 1.34. The van der Waals surface area contributed by atoms with Crippen LogP contribution in [0.4, 0.5) is 0 Å². The van der Waals surface area contributed by atoms with Crippen LogP contribution >= 0.6 is 15.9 Å². The molecule has 0 unspecified atom stereocenters. The van der Waals surface area contributed by atoms with Gasteiger partial charge in [-0.05, 0) is 34.5 Å². The second-order valence-corrected chi connectivity index (χ2v) is 3.45. The third-order valence-corrected chi connectivity index (χ3v) is 2.59. The van der Waals surface area contributed by atoms with Crippen LogP contribution in [-0.4, -0.2) is 9.38 Å². The zero-order chi connectivity index (χ0) is 8.55. The molecule has 0 atom stereocenters. The first-order chi connectivity index (χ1) is 5.83. The summed E-state index contributed by atoms with van der Waals surface area (Å²) in [5, 5.41) is 0. The van der Waals surface area contributed by atoms with E-state index in [-0.39, 0.29) is 0 Å². The molecule has 0 aliphatic heterocycles. The number of aryl methyl sites for hydroxylation is 1. The van der Waals surface area contributed by atoms with Gasteiger partial charge in [-0.1, -0.05) is 6.92 Å². The molecule has 62 valence electrons. The maximum absolute atomic E-state index is 4.30. The van der Waals surface area contributed by atoms with Crippen molar-refractivity contribution in [2.24, 2.45) is 0 Å². The van der Waals surface area contributed by atoms with Gasteiger partial charge in [0.25, 0.3) is 0 Å². The topological polar surface area (TPSA) is 17.3 Å². The first kappa shape index (κ1) is 7.80. The molecule has 0 aliphatic rings. The van der Waals surface area contributed by atoms with Gasteiger partial charge in [0.15, 0.2) is 0 Å². The SMILES string of the molecule is CCc1nccn2c(Br)ccc12. The average Bonchev–Trinajstić information content (AvgIpc) is 2.48. The third-order valence-electron chi connectivity index (χ3n) is 1.95. The number of fused-ring (bicyclic) bond motifs is 1. The zero-order valence-corrected chi connectivity index (χ0v) is 8.37. The predicted molar refractivity (Wildman–Crippen MR) is 52.3 cm³/mol. The fraction of sp³-hybridized carbons (Fsp3) is 0.222. The second kappa shape index (κ2) is 2.90. The summed E-state index contributed by atoms with van der Waals surface area (Å²) >= 11 is 3.47. The van der Waals surface area contributed by atoms with E-state index in [1.165, 1.54) is 5.52 Å². The molecule has 0 N–H and O–H groups in total. The van der Waals surface area contributed by atoms with E-state index in [0.717, 1.165) is 16.7 Å². The lowest BCUT2D eigenvalue weighted by Gasteiger charge is -2.00. The van der Waals surface area contributed by atoms with Crippen LogP contribution in [0.2, 0.25) is 0 Å². The molecule has 2 rings (SSSR count). The highest BCUT2D eigenvalue weighted by molar-refractivity contribution is 9.10. The summed E-state index contributed by atoms with van der Waals surface area (Å²) in [6.07, 6.45) is 4.76. The molecule has 0 amide bonds. The van der Waals surface area contributed by atoms with E-state index in [0.29, 0.717) is 0 Å². The van der Waals surface area contributed by atoms with E-state index in [4.69, 9.17) is 0 Å². The number of hydrogen-bond acceptors (Lipinski definition) is 1. The molecule has 0 fully saturated rings. The lowest BCUT2D eigenvalue weighted by Crippen LogP contribution is -1.92. The molecule has 0 saturated heterocycles. The molecule has 2 heterocycles. The number of rotatable bonds is 1. The van der Waals surface area contributed by atoms with Crippen molar-refractivity contribution >= 4 is 21.4 Å². The summed E-state index contributed by atoms with van der Waals surface area (Å²) in [4.78, 5) is 4.30. The van der Waals surface area contributed by atoms with Gasteiger partial charge in [-0.2, -0.15) is 0 Å². The van der Waals surface area contributed by atoms with E-state index >= 15 is 0 Å². The number of hydrogen-bond donors (Lipinski definition) is 0. The Hall–Kier alpha value is -0.830. The monoisotopic (exact) mass is 224 g/mol. The van der Waals surface area contributed by atoms with Crippen molar-refractivity contribution in [3.63, 3.8) is 0 Å². The second-order valence-electron chi connectivity index (χ2n) is 2.64. The normalized spacial score (nSPS) is 10.8. The highest BCUT2D eigenvalue weighted by Crippen LogP contribution is 2.17. The van der Waals surface area contributed by atoms with E-state index in [9.17, 15) is 0 Å². The maximum Gasteiger partial charge on any atom is 0.0893 e. The molecule has 0 aromatic carbocycles. The van der Waals surface area contributed by atoms with Crippen molar-refractivity contribution in [3.8, 4) is 0 Å². The molecular weight excluding hydrogens is 216 g/mol. The van der Waals surface area contributed by atoms with Gasteiger partial charge >= 0.3 is 0 Å². The minimum atomic E-state index is 0.973. The lowest BCUT2D eigenvalue weighted by atomic mass is 10.3. The Bertz CT molecular complexity index is 406. The van der Waals surface area contributed by atoms with Gasteiger partial charge in [-0.3, -0.25) is 4.98 Å². The van der Waals surface area contributed by atoms with Crippen molar-refractivity contribution in [3.05, 3.63) is 34.8 Å². The summed E-state index contributed by atoms with van der Waals surface area (Å²) in [7, 11) is 0. The molecule has 0 radical (unpaired) electrons. The van der Waals surface area contributed by atoms with Crippen LogP contribution in [0.15, 0.2) is 29.1 Å².